The molecule has 1 aromatic rings. The van der Waals surface area contributed by atoms with Crippen molar-refractivity contribution in [3.05, 3.63) is 23.5 Å². The number of nitrogens with two attached hydrogens (primary N) is 1. The lowest BCUT2D eigenvalue weighted by Crippen LogP contribution is -2.36. The average Bonchev–Trinajstić information content (AvgIpc) is 3.41. The lowest BCUT2D eigenvalue weighted by Gasteiger charge is -2.29. The van der Waals surface area contributed by atoms with Crippen LogP contribution in [-0.2, 0) is 0 Å². The van der Waals surface area contributed by atoms with Crippen molar-refractivity contribution in [2.75, 3.05) is 0 Å². The molecule has 2 atom stereocenters. The second-order valence-corrected chi connectivity index (χ2v) is 8.25. The third-order valence-electron chi connectivity index (χ3n) is 4.87. The van der Waals surface area contributed by atoms with Crippen molar-refractivity contribution in [2.45, 2.75) is 65.2 Å². The van der Waals surface area contributed by atoms with E-state index in [1.54, 1.807) is 0 Å². The Hall–Kier alpha value is -2.32. The number of pyridine rings is 1. The molecule has 28 heavy (non-hydrogen) atoms. The number of hydrogen-bond acceptors (Lipinski definition) is 5. The first-order valence-electron chi connectivity index (χ1n) is 9.08. The summed E-state index contributed by atoms with van der Waals surface area (Å²) < 4.78 is 43.9. The lowest BCUT2D eigenvalue weighted by molar-refractivity contribution is -0.189. The molecule has 1 aromatic heterocycles. The molecule has 3 N–H and O–H groups in total. The first kappa shape index (κ1) is 22.0. The fourth-order valence-corrected chi connectivity index (χ4v) is 2.87. The Bertz CT molecular complexity index is 753. The highest BCUT2D eigenvalue weighted by molar-refractivity contribution is 5.98. The van der Waals surface area contributed by atoms with E-state index >= 15 is 0 Å². The van der Waals surface area contributed by atoms with Gasteiger partial charge < -0.3 is 15.7 Å². The number of Topliss-reactive ketones (excluding diaryl/α,β-unsaturated/α-hetero) is 1. The quantitative estimate of drug-likeness (QED) is 0.234. The van der Waals surface area contributed by atoms with Gasteiger partial charge in [-0.2, -0.15) is 13.2 Å². The number of carbonyl (C=O) groups excluding carboxylic acids is 1. The first-order chi connectivity index (χ1) is 12.8. The minimum absolute atomic E-state index is 0.00577. The van der Waals surface area contributed by atoms with Gasteiger partial charge in [0.25, 0.3) is 0 Å². The van der Waals surface area contributed by atoms with E-state index in [2.05, 4.69) is 10.1 Å². The number of carbonyl (C=O) groups is 1. The topological polar surface area (TPSA) is 97.8 Å². The van der Waals surface area contributed by atoms with Crippen LogP contribution < -0.4 is 10.5 Å². The van der Waals surface area contributed by atoms with Crippen LogP contribution >= 0.6 is 0 Å². The van der Waals surface area contributed by atoms with Crippen LogP contribution in [0.1, 0.15) is 68.9 Å². The number of aromatic nitrogens is 1. The zero-order chi connectivity index (χ0) is 21.3. The van der Waals surface area contributed by atoms with Crippen molar-refractivity contribution in [2.24, 2.45) is 22.2 Å². The molecule has 0 aromatic carbocycles. The Morgan fingerprint density at radius 3 is 2.46 bits per heavy atom. The van der Waals surface area contributed by atoms with Crippen LogP contribution in [0.5, 0.6) is 5.75 Å². The summed E-state index contributed by atoms with van der Waals surface area (Å²) in [5, 5.41) is 12.0. The van der Waals surface area contributed by atoms with Crippen LogP contribution in [0.4, 0.5) is 13.2 Å². The number of rotatable bonds is 7. The average molecular weight is 401 g/mol. The minimum atomic E-state index is -4.52. The third kappa shape index (κ3) is 5.36. The molecule has 6 nitrogen and oxygen atoms in total. The Morgan fingerprint density at radius 1 is 1.39 bits per heavy atom. The molecule has 1 saturated carbocycles. The smallest absolute Gasteiger partial charge is 0.425 e. The van der Waals surface area contributed by atoms with E-state index in [-0.39, 0.29) is 29.6 Å². The van der Waals surface area contributed by atoms with E-state index in [4.69, 9.17) is 15.7 Å². The van der Waals surface area contributed by atoms with Crippen molar-refractivity contribution in [1.29, 1.82) is 0 Å². The largest absolute Gasteiger partial charge is 0.481 e. The van der Waals surface area contributed by atoms with E-state index in [9.17, 15) is 18.0 Å². The highest BCUT2D eigenvalue weighted by Crippen LogP contribution is 2.45. The van der Waals surface area contributed by atoms with Gasteiger partial charge in [0.2, 0.25) is 0 Å². The molecule has 1 aliphatic carbocycles. The van der Waals surface area contributed by atoms with Gasteiger partial charge in [-0.3, -0.25) is 9.78 Å². The standard InChI is InChI=1S/C19H26F3N3O3/c1-10(19(20,21)22)28-16-8-14(24-9-12(16)11-5-6-11)15(26)7-13(17(23)25-27)18(2,3)4/h8-11,13,27H,5-7H2,1-4H3,(H2,23,25)/t10-,13?/m0/s1. The third-order valence-corrected chi connectivity index (χ3v) is 4.87. The van der Waals surface area contributed by atoms with E-state index in [1.807, 2.05) is 20.8 Å². The van der Waals surface area contributed by atoms with E-state index in [1.165, 1.54) is 12.3 Å². The summed E-state index contributed by atoms with van der Waals surface area (Å²) in [7, 11) is 0. The van der Waals surface area contributed by atoms with Gasteiger partial charge in [0.1, 0.15) is 17.3 Å². The Morgan fingerprint density at radius 2 is 2.00 bits per heavy atom. The monoisotopic (exact) mass is 401 g/mol. The van der Waals surface area contributed by atoms with Crippen LogP contribution in [0.2, 0.25) is 0 Å². The van der Waals surface area contributed by atoms with Gasteiger partial charge in [0.05, 0.1) is 0 Å². The van der Waals surface area contributed by atoms with Gasteiger partial charge in [0, 0.05) is 30.2 Å². The van der Waals surface area contributed by atoms with Crippen molar-refractivity contribution in [3.8, 4) is 5.75 Å². The lowest BCUT2D eigenvalue weighted by atomic mass is 9.77. The summed E-state index contributed by atoms with van der Waals surface area (Å²) in [6, 6.07) is 1.27. The maximum atomic E-state index is 12.9. The molecule has 2 rings (SSSR count). The first-order valence-corrected chi connectivity index (χ1v) is 9.08. The number of ether oxygens (including phenoxy) is 1. The summed E-state index contributed by atoms with van der Waals surface area (Å²) in [5.74, 6) is -0.933. The van der Waals surface area contributed by atoms with Gasteiger partial charge >= 0.3 is 6.18 Å². The molecule has 1 aliphatic rings. The number of hydrogen-bond donors (Lipinski definition) is 2. The predicted octanol–water partition coefficient (Wildman–Crippen LogP) is 4.27. The van der Waals surface area contributed by atoms with Crippen LogP contribution in [0, 0.1) is 11.3 Å². The van der Waals surface area contributed by atoms with E-state index in [0.29, 0.717) is 5.56 Å². The molecule has 1 unspecified atom stereocenters. The van der Waals surface area contributed by atoms with Crippen LogP contribution in [0.25, 0.3) is 0 Å². The molecule has 156 valence electrons. The maximum Gasteiger partial charge on any atom is 0.425 e. The van der Waals surface area contributed by atoms with E-state index in [0.717, 1.165) is 19.8 Å². The molecule has 1 fully saturated rings. The zero-order valence-corrected chi connectivity index (χ0v) is 16.4. The van der Waals surface area contributed by atoms with Crippen molar-refractivity contribution in [3.63, 3.8) is 0 Å². The van der Waals surface area contributed by atoms with Gasteiger partial charge in [-0.25, -0.2) is 0 Å². The molecule has 0 saturated heterocycles. The normalized spacial score (nSPS) is 17.9. The number of nitrogens with zero attached hydrogens (tertiary/aromatic N) is 2. The van der Waals surface area contributed by atoms with Crippen LogP contribution in [-0.4, -0.2) is 34.1 Å². The molecular weight excluding hydrogens is 375 g/mol. The van der Waals surface area contributed by atoms with Gasteiger partial charge in [0.15, 0.2) is 11.9 Å². The number of alkyl halides is 3. The molecule has 0 amide bonds. The summed E-state index contributed by atoms with van der Waals surface area (Å²) in [4.78, 5) is 16.9. The molecule has 1 heterocycles. The Labute approximate surface area is 162 Å². The summed E-state index contributed by atoms with van der Waals surface area (Å²) in [6.07, 6.45) is -3.50. The Balaban J connectivity index is 2.30. The minimum Gasteiger partial charge on any atom is -0.481 e. The van der Waals surface area contributed by atoms with Crippen LogP contribution in [0.15, 0.2) is 17.4 Å². The molecule has 0 spiro atoms. The van der Waals surface area contributed by atoms with Crippen molar-refractivity contribution in [1.82, 2.24) is 4.98 Å². The number of amidine groups is 1. The summed E-state index contributed by atoms with van der Waals surface area (Å²) >= 11 is 0. The van der Waals surface area contributed by atoms with Crippen molar-refractivity contribution >= 4 is 11.6 Å². The fourth-order valence-electron chi connectivity index (χ4n) is 2.87. The zero-order valence-electron chi connectivity index (χ0n) is 16.4. The number of ketones is 1. The van der Waals surface area contributed by atoms with E-state index < -0.39 is 29.4 Å². The SMILES string of the molecule is C[C@H](Oc1cc(C(=O)CC(/C(N)=N/O)C(C)(C)C)ncc1C1CC1)C(F)(F)F. The number of oxime groups is 1. The highest BCUT2D eigenvalue weighted by Gasteiger charge is 2.39. The van der Waals surface area contributed by atoms with Gasteiger partial charge in [-0.1, -0.05) is 25.9 Å². The molecular formula is C19H26F3N3O3. The second-order valence-electron chi connectivity index (χ2n) is 8.25. The molecule has 0 aliphatic heterocycles. The summed E-state index contributed by atoms with van der Waals surface area (Å²) in [5.41, 5.74) is 5.83. The van der Waals surface area contributed by atoms with Gasteiger partial charge in [-0.15, -0.1) is 0 Å². The Kier molecular flexibility index (Phi) is 6.25. The van der Waals surface area contributed by atoms with Crippen molar-refractivity contribution < 1.29 is 27.9 Å². The second kappa shape index (κ2) is 7.97. The molecule has 0 radical (unpaired) electrons. The predicted molar refractivity (Wildman–Crippen MR) is 97.7 cm³/mol. The number of halogens is 3. The molecule has 0 bridgehead atoms. The fraction of sp³-hybridized carbons (Fsp3) is 0.632. The van der Waals surface area contributed by atoms with Crippen LogP contribution in [0.3, 0.4) is 0 Å². The highest BCUT2D eigenvalue weighted by atomic mass is 19.4. The summed E-state index contributed by atoms with van der Waals surface area (Å²) in [6.45, 7) is 6.44. The maximum absolute atomic E-state index is 12.9. The van der Waals surface area contributed by atoms with Gasteiger partial charge in [-0.05, 0) is 31.1 Å². The molecule has 9 heteroatoms.